The third kappa shape index (κ3) is 3.89. The summed E-state index contributed by atoms with van der Waals surface area (Å²) in [6, 6.07) is 8.80. The van der Waals surface area contributed by atoms with E-state index in [0.29, 0.717) is 40.3 Å². The molecule has 0 saturated carbocycles. The van der Waals surface area contributed by atoms with E-state index in [4.69, 9.17) is 22.7 Å². The zero-order chi connectivity index (χ0) is 23.3. The Morgan fingerprint density at radius 3 is 2.75 bits per heavy atom. The lowest BCUT2D eigenvalue weighted by molar-refractivity contribution is 0.270. The number of anilines is 1. The number of likely N-dealkylation sites (tertiary alicyclic amines) is 1. The smallest absolute Gasteiger partial charge is 0.240 e. The highest BCUT2D eigenvalue weighted by Crippen LogP contribution is 2.51. The fourth-order valence-electron chi connectivity index (χ4n) is 4.60. The standard InChI is InChI=1S/C21H22BrClFN5O2S/c1-12-10-29(20(25)26)11-18-21(12,16-8-13(22)9-17(24)19(16)28-18)6-7-27-32(30,31)15-4-2-14(23)3-5-15/h2-5,8-9,18,27-28H,1,6-7,10-11H2,(H3,25,26)/t18-,21-/m0/s1. The molecule has 1 saturated heterocycles. The molecule has 2 aromatic rings. The van der Waals surface area contributed by atoms with Crippen LogP contribution in [0.2, 0.25) is 5.02 Å². The van der Waals surface area contributed by atoms with Crippen molar-refractivity contribution < 1.29 is 12.8 Å². The number of nitrogens with zero attached hydrogens (tertiary/aromatic N) is 1. The number of fused-ring (bicyclic) bond motifs is 3. The van der Waals surface area contributed by atoms with Crippen molar-refractivity contribution in [3.05, 3.63) is 69.4 Å². The largest absolute Gasteiger partial charge is 0.377 e. The second kappa shape index (κ2) is 8.33. The van der Waals surface area contributed by atoms with Crippen molar-refractivity contribution in [2.75, 3.05) is 25.0 Å². The quantitative estimate of drug-likeness (QED) is 0.263. The first-order chi connectivity index (χ1) is 15.0. The number of rotatable bonds is 5. The van der Waals surface area contributed by atoms with Gasteiger partial charge in [-0.2, -0.15) is 0 Å². The molecule has 4 rings (SSSR count). The molecule has 2 aliphatic heterocycles. The minimum absolute atomic E-state index is 0.0948. The van der Waals surface area contributed by atoms with Crippen molar-refractivity contribution >= 4 is 49.2 Å². The Bertz CT molecular complexity index is 1210. The molecular weight excluding hydrogens is 521 g/mol. The molecule has 2 aliphatic rings. The molecule has 0 aliphatic carbocycles. The molecule has 2 aromatic carbocycles. The maximum absolute atomic E-state index is 14.8. The zero-order valence-corrected chi connectivity index (χ0v) is 20.1. The van der Waals surface area contributed by atoms with Gasteiger partial charge in [-0.3, -0.25) is 5.41 Å². The van der Waals surface area contributed by atoms with Gasteiger partial charge in [-0.25, -0.2) is 17.5 Å². The minimum Gasteiger partial charge on any atom is -0.377 e. The van der Waals surface area contributed by atoms with Gasteiger partial charge in [0.25, 0.3) is 0 Å². The van der Waals surface area contributed by atoms with Gasteiger partial charge in [-0.1, -0.05) is 34.1 Å². The van der Waals surface area contributed by atoms with E-state index in [1.165, 1.54) is 30.3 Å². The van der Waals surface area contributed by atoms with Crippen LogP contribution < -0.4 is 15.8 Å². The SMILES string of the molecule is C=C1CN(C(=N)N)C[C@@H]2Nc3c(F)cc(Br)cc3[C@]12CCNS(=O)(=O)c1ccc(Cl)cc1. The van der Waals surface area contributed by atoms with Crippen LogP contribution in [0.1, 0.15) is 12.0 Å². The van der Waals surface area contributed by atoms with Crippen molar-refractivity contribution in [1.29, 1.82) is 5.41 Å². The van der Waals surface area contributed by atoms with Crippen LogP contribution in [-0.4, -0.2) is 45.0 Å². The Morgan fingerprint density at radius 2 is 2.09 bits per heavy atom. The number of hydrogen-bond acceptors (Lipinski definition) is 4. The van der Waals surface area contributed by atoms with Crippen molar-refractivity contribution in [2.24, 2.45) is 5.73 Å². The normalized spacial score (nSPS) is 22.3. The predicted octanol–water partition coefficient (Wildman–Crippen LogP) is 3.41. The van der Waals surface area contributed by atoms with Crippen molar-refractivity contribution in [3.8, 4) is 0 Å². The number of nitrogens with one attached hydrogen (secondary N) is 3. The van der Waals surface area contributed by atoms with Crippen LogP contribution in [0.4, 0.5) is 10.1 Å². The Balaban J connectivity index is 1.65. The molecular formula is C21H22BrClFN5O2S. The summed E-state index contributed by atoms with van der Waals surface area (Å²) < 4.78 is 43.5. The third-order valence-electron chi connectivity index (χ3n) is 6.14. The average Bonchev–Trinajstić information content (AvgIpc) is 3.03. The molecule has 0 unspecified atom stereocenters. The van der Waals surface area contributed by atoms with E-state index in [2.05, 4.69) is 32.5 Å². The van der Waals surface area contributed by atoms with Crippen LogP contribution in [0.3, 0.4) is 0 Å². The van der Waals surface area contributed by atoms with Crippen LogP contribution in [0, 0.1) is 11.2 Å². The van der Waals surface area contributed by atoms with Crippen LogP contribution in [0.15, 0.2) is 57.9 Å². The lowest BCUT2D eigenvalue weighted by Gasteiger charge is -2.46. The lowest BCUT2D eigenvalue weighted by atomic mass is 9.66. The number of piperidine rings is 1. The van der Waals surface area contributed by atoms with Gasteiger partial charge < -0.3 is 16.0 Å². The molecule has 11 heteroatoms. The number of nitrogens with two attached hydrogens (primary N) is 1. The Morgan fingerprint density at radius 1 is 1.41 bits per heavy atom. The molecule has 0 bridgehead atoms. The lowest BCUT2D eigenvalue weighted by Crippen LogP contribution is -2.58. The first-order valence-electron chi connectivity index (χ1n) is 9.83. The van der Waals surface area contributed by atoms with Gasteiger partial charge in [0.15, 0.2) is 5.96 Å². The zero-order valence-electron chi connectivity index (χ0n) is 17.0. The van der Waals surface area contributed by atoms with E-state index < -0.39 is 21.3 Å². The number of guanidine groups is 1. The number of halogens is 3. The van der Waals surface area contributed by atoms with Gasteiger partial charge in [-0.15, -0.1) is 0 Å². The molecule has 1 fully saturated rings. The van der Waals surface area contributed by atoms with E-state index in [1.54, 1.807) is 4.90 Å². The Labute approximate surface area is 199 Å². The topological polar surface area (TPSA) is 111 Å². The maximum atomic E-state index is 14.8. The highest BCUT2D eigenvalue weighted by molar-refractivity contribution is 9.10. The summed E-state index contributed by atoms with van der Waals surface area (Å²) in [6.45, 7) is 5.04. The first kappa shape index (κ1) is 23.0. The summed E-state index contributed by atoms with van der Waals surface area (Å²) >= 11 is 9.22. The first-order valence-corrected chi connectivity index (χ1v) is 12.5. The summed E-state index contributed by atoms with van der Waals surface area (Å²) in [6.07, 6.45) is 0.352. The Kier molecular flexibility index (Phi) is 6.00. The third-order valence-corrected chi connectivity index (χ3v) is 8.33. The molecule has 170 valence electrons. The van der Waals surface area contributed by atoms with Crippen molar-refractivity contribution in [1.82, 2.24) is 9.62 Å². The van der Waals surface area contributed by atoms with E-state index in [0.717, 1.165) is 5.57 Å². The molecule has 5 N–H and O–H groups in total. The highest BCUT2D eigenvalue weighted by atomic mass is 79.9. The van der Waals surface area contributed by atoms with Gasteiger partial charge in [0.2, 0.25) is 10.0 Å². The van der Waals surface area contributed by atoms with Gasteiger partial charge in [0.05, 0.1) is 16.6 Å². The van der Waals surface area contributed by atoms with Crippen LogP contribution in [0.25, 0.3) is 0 Å². The molecule has 2 heterocycles. The van der Waals surface area contributed by atoms with Crippen LogP contribution in [0.5, 0.6) is 0 Å². The summed E-state index contributed by atoms with van der Waals surface area (Å²) in [4.78, 5) is 1.77. The van der Waals surface area contributed by atoms with Crippen molar-refractivity contribution in [3.63, 3.8) is 0 Å². The van der Waals surface area contributed by atoms with E-state index >= 15 is 0 Å². The van der Waals surface area contributed by atoms with E-state index in [-0.39, 0.29) is 23.4 Å². The molecule has 0 amide bonds. The van der Waals surface area contributed by atoms with Crippen LogP contribution in [-0.2, 0) is 15.4 Å². The maximum Gasteiger partial charge on any atom is 0.240 e. The summed E-state index contributed by atoms with van der Waals surface area (Å²) in [7, 11) is -3.75. The molecule has 0 spiro atoms. The van der Waals surface area contributed by atoms with Crippen molar-refractivity contribution in [2.45, 2.75) is 22.8 Å². The van der Waals surface area contributed by atoms with Gasteiger partial charge in [0, 0.05) is 34.5 Å². The second-order valence-corrected chi connectivity index (χ2v) is 11.1. The average molecular weight is 543 g/mol. The monoisotopic (exact) mass is 541 g/mol. The number of sulfonamides is 1. The van der Waals surface area contributed by atoms with E-state index in [9.17, 15) is 12.8 Å². The molecule has 0 radical (unpaired) electrons. The van der Waals surface area contributed by atoms with Crippen LogP contribution >= 0.6 is 27.5 Å². The summed E-state index contributed by atoms with van der Waals surface area (Å²) in [5.41, 5.74) is 6.79. The van der Waals surface area contributed by atoms with Gasteiger partial charge >= 0.3 is 0 Å². The molecule has 0 aromatic heterocycles. The fraction of sp³-hybridized carbons (Fsp3) is 0.286. The number of benzene rings is 2. The summed E-state index contributed by atoms with van der Waals surface area (Å²) in [5, 5.41) is 11.5. The summed E-state index contributed by atoms with van der Waals surface area (Å²) in [5.74, 6) is -0.505. The number of hydrogen-bond donors (Lipinski definition) is 4. The minimum atomic E-state index is -3.75. The fourth-order valence-corrected chi connectivity index (χ4v) is 6.19. The Hall–Kier alpha value is -2.14. The second-order valence-electron chi connectivity index (χ2n) is 7.95. The van der Waals surface area contributed by atoms with Gasteiger partial charge in [-0.05, 0) is 54.0 Å². The highest BCUT2D eigenvalue weighted by Gasteiger charge is 2.53. The molecule has 7 nitrogen and oxygen atoms in total. The molecule has 2 atom stereocenters. The molecule has 32 heavy (non-hydrogen) atoms. The predicted molar refractivity (Wildman–Crippen MR) is 127 cm³/mol. The van der Waals surface area contributed by atoms with Gasteiger partial charge in [0.1, 0.15) is 5.82 Å². The van der Waals surface area contributed by atoms with E-state index in [1.807, 2.05) is 6.07 Å².